The molecule has 5 nitrogen and oxygen atoms in total. The predicted molar refractivity (Wildman–Crippen MR) is 124 cm³/mol. The maximum atomic E-state index is 13.6. The molecule has 0 aliphatic heterocycles. The maximum Gasteiger partial charge on any atom is 0.303 e. The van der Waals surface area contributed by atoms with Crippen molar-refractivity contribution < 1.29 is 9.90 Å². The molecule has 158 valence electrons. The molecule has 0 saturated heterocycles. The molecule has 0 radical (unpaired) electrons. The smallest absolute Gasteiger partial charge is 0.303 e. The van der Waals surface area contributed by atoms with E-state index in [1.807, 2.05) is 18.2 Å². The zero-order valence-electron chi connectivity index (χ0n) is 17.3. The Balaban J connectivity index is 1.64. The number of carboxylic acid groups (broad SMARTS) is 1. The van der Waals surface area contributed by atoms with Gasteiger partial charge in [0.15, 0.2) is 0 Å². The van der Waals surface area contributed by atoms with Gasteiger partial charge in [-0.1, -0.05) is 42.5 Å². The average molecular weight is 433 g/mol. The van der Waals surface area contributed by atoms with Crippen LogP contribution >= 0.6 is 11.3 Å². The van der Waals surface area contributed by atoms with E-state index in [-0.39, 0.29) is 12.0 Å². The number of aryl methyl sites for hydroxylation is 2. The van der Waals surface area contributed by atoms with Crippen LogP contribution < -0.4 is 5.56 Å². The van der Waals surface area contributed by atoms with Crippen molar-refractivity contribution in [3.05, 3.63) is 74.6 Å². The van der Waals surface area contributed by atoms with Crippen LogP contribution in [-0.2, 0) is 30.6 Å². The normalized spacial score (nSPS) is 13.5. The molecule has 2 aromatic heterocycles. The molecule has 0 bridgehead atoms. The van der Waals surface area contributed by atoms with Crippen molar-refractivity contribution in [2.45, 2.75) is 51.5 Å². The van der Waals surface area contributed by atoms with Gasteiger partial charge < -0.3 is 5.11 Å². The summed E-state index contributed by atoms with van der Waals surface area (Å²) in [7, 11) is 0. The standard InChI is InChI=1S/C25H24N2O3S/c28-22(29)13-6-14-27-21(15-17-9-5-8-16-7-1-2-10-18(16)17)26-24-23(25(27)30)19-11-3-4-12-20(19)31-24/h1-2,5,7-10H,3-4,6,11-15H2,(H,28,29). The Bertz CT molecular complexity index is 1350. The molecule has 6 heteroatoms. The maximum absolute atomic E-state index is 13.6. The van der Waals surface area contributed by atoms with Gasteiger partial charge in [0.1, 0.15) is 10.7 Å². The molecule has 0 fully saturated rings. The van der Waals surface area contributed by atoms with Gasteiger partial charge in [0.05, 0.1) is 5.39 Å². The number of aromatic nitrogens is 2. The first-order valence-electron chi connectivity index (χ1n) is 10.8. The van der Waals surface area contributed by atoms with E-state index in [9.17, 15) is 9.59 Å². The van der Waals surface area contributed by atoms with Gasteiger partial charge in [-0.3, -0.25) is 14.2 Å². The van der Waals surface area contributed by atoms with Crippen molar-refractivity contribution in [1.29, 1.82) is 0 Å². The third-order valence-electron chi connectivity index (χ3n) is 6.15. The first kappa shape index (κ1) is 19.9. The second kappa shape index (κ2) is 8.27. The fraction of sp³-hybridized carbons (Fsp3) is 0.320. The van der Waals surface area contributed by atoms with Crippen LogP contribution in [0.3, 0.4) is 0 Å². The highest BCUT2D eigenvalue weighted by Gasteiger charge is 2.22. The quantitative estimate of drug-likeness (QED) is 0.468. The van der Waals surface area contributed by atoms with Gasteiger partial charge in [-0.05, 0) is 54.0 Å². The van der Waals surface area contributed by atoms with E-state index >= 15 is 0 Å². The fourth-order valence-electron chi connectivity index (χ4n) is 4.65. The summed E-state index contributed by atoms with van der Waals surface area (Å²) in [5.74, 6) is -0.122. The molecule has 31 heavy (non-hydrogen) atoms. The Morgan fingerprint density at radius 2 is 1.90 bits per heavy atom. The number of hydrogen-bond donors (Lipinski definition) is 1. The van der Waals surface area contributed by atoms with Gasteiger partial charge in [-0.15, -0.1) is 11.3 Å². The molecule has 5 rings (SSSR count). The summed E-state index contributed by atoms with van der Waals surface area (Å²) >= 11 is 1.66. The second-order valence-corrected chi connectivity index (χ2v) is 9.27. The summed E-state index contributed by atoms with van der Waals surface area (Å²) in [6, 6.07) is 14.4. The van der Waals surface area contributed by atoms with Gasteiger partial charge in [0.2, 0.25) is 0 Å². The van der Waals surface area contributed by atoms with E-state index in [4.69, 9.17) is 10.1 Å². The Morgan fingerprint density at radius 3 is 2.77 bits per heavy atom. The van der Waals surface area contributed by atoms with Crippen molar-refractivity contribution in [1.82, 2.24) is 9.55 Å². The van der Waals surface area contributed by atoms with Crippen molar-refractivity contribution in [3.63, 3.8) is 0 Å². The Morgan fingerprint density at radius 1 is 1.10 bits per heavy atom. The lowest BCUT2D eigenvalue weighted by Gasteiger charge is -2.14. The van der Waals surface area contributed by atoms with Gasteiger partial charge in [-0.2, -0.15) is 0 Å². The van der Waals surface area contributed by atoms with Crippen LogP contribution in [-0.4, -0.2) is 20.6 Å². The molecule has 2 heterocycles. The molecule has 1 aliphatic rings. The number of carbonyl (C=O) groups is 1. The monoisotopic (exact) mass is 432 g/mol. The number of carboxylic acids is 1. The van der Waals surface area contributed by atoms with Crippen LogP contribution in [0.25, 0.3) is 21.0 Å². The van der Waals surface area contributed by atoms with E-state index in [1.54, 1.807) is 15.9 Å². The number of fused-ring (bicyclic) bond motifs is 4. The lowest BCUT2D eigenvalue weighted by Crippen LogP contribution is -2.26. The Labute approximate surface area is 184 Å². The third-order valence-corrected chi connectivity index (χ3v) is 7.34. The molecule has 1 N–H and O–H groups in total. The van der Waals surface area contributed by atoms with Crippen molar-refractivity contribution >= 4 is 38.3 Å². The zero-order chi connectivity index (χ0) is 21.4. The number of thiophene rings is 1. The minimum absolute atomic E-state index is 0.00924. The SMILES string of the molecule is O=C(O)CCCn1c(Cc2cccc3ccccc23)nc2sc3c(c2c1=O)CCCC3. The number of benzene rings is 2. The number of hydrogen-bond acceptors (Lipinski definition) is 4. The molecule has 1 aliphatic carbocycles. The predicted octanol–water partition coefficient (Wildman–Crippen LogP) is 4.95. The first-order chi connectivity index (χ1) is 15.1. The van der Waals surface area contributed by atoms with Crippen molar-refractivity contribution in [2.24, 2.45) is 0 Å². The summed E-state index contributed by atoms with van der Waals surface area (Å²) in [6.07, 6.45) is 5.22. The van der Waals surface area contributed by atoms with Crippen molar-refractivity contribution in [2.75, 3.05) is 0 Å². The molecule has 2 aromatic carbocycles. The van der Waals surface area contributed by atoms with Gasteiger partial charge in [-0.25, -0.2) is 4.98 Å². The van der Waals surface area contributed by atoms with Gasteiger partial charge in [0.25, 0.3) is 5.56 Å². The van der Waals surface area contributed by atoms with Gasteiger partial charge in [0, 0.05) is 24.3 Å². The summed E-state index contributed by atoms with van der Waals surface area (Å²) in [4.78, 5) is 31.8. The summed E-state index contributed by atoms with van der Waals surface area (Å²) < 4.78 is 1.73. The van der Waals surface area contributed by atoms with E-state index in [1.165, 1.54) is 10.4 Å². The number of aliphatic carboxylic acids is 1. The average Bonchev–Trinajstić information content (AvgIpc) is 3.14. The van der Waals surface area contributed by atoms with Crippen LogP contribution in [0, 0.1) is 0 Å². The largest absolute Gasteiger partial charge is 0.481 e. The Kier molecular flexibility index (Phi) is 5.32. The number of nitrogens with zero attached hydrogens (tertiary/aromatic N) is 2. The van der Waals surface area contributed by atoms with Gasteiger partial charge >= 0.3 is 5.97 Å². The van der Waals surface area contributed by atoms with E-state index in [2.05, 4.69) is 24.3 Å². The number of rotatable bonds is 6. The first-order valence-corrected chi connectivity index (χ1v) is 11.7. The highest BCUT2D eigenvalue weighted by Crippen LogP contribution is 2.34. The summed E-state index contributed by atoms with van der Waals surface area (Å²) in [5.41, 5.74) is 2.29. The summed E-state index contributed by atoms with van der Waals surface area (Å²) in [6.45, 7) is 0.374. The molecule has 0 unspecified atom stereocenters. The fourth-order valence-corrected chi connectivity index (χ4v) is 5.92. The van der Waals surface area contributed by atoms with Crippen LogP contribution in [0.1, 0.15) is 47.5 Å². The molecule has 0 saturated carbocycles. The highest BCUT2D eigenvalue weighted by atomic mass is 32.1. The van der Waals surface area contributed by atoms with Crippen LogP contribution in [0.4, 0.5) is 0 Å². The molecule has 0 atom stereocenters. The van der Waals surface area contributed by atoms with E-state index in [0.29, 0.717) is 19.4 Å². The molecule has 4 aromatic rings. The second-order valence-electron chi connectivity index (χ2n) is 8.19. The van der Waals surface area contributed by atoms with E-state index < -0.39 is 5.97 Å². The van der Waals surface area contributed by atoms with Crippen molar-refractivity contribution in [3.8, 4) is 0 Å². The Hall–Kier alpha value is -2.99. The minimum atomic E-state index is -0.842. The zero-order valence-corrected chi connectivity index (χ0v) is 18.1. The highest BCUT2D eigenvalue weighted by molar-refractivity contribution is 7.18. The molecular formula is C25H24N2O3S. The lowest BCUT2D eigenvalue weighted by atomic mass is 9.97. The molecule has 0 amide bonds. The molecular weight excluding hydrogens is 408 g/mol. The van der Waals surface area contributed by atoms with Crippen LogP contribution in [0.15, 0.2) is 47.3 Å². The third kappa shape index (κ3) is 3.76. The lowest BCUT2D eigenvalue weighted by molar-refractivity contribution is -0.137. The van der Waals surface area contributed by atoms with E-state index in [0.717, 1.165) is 58.1 Å². The molecule has 0 spiro atoms. The van der Waals surface area contributed by atoms with Crippen LogP contribution in [0.2, 0.25) is 0 Å². The topological polar surface area (TPSA) is 72.2 Å². The van der Waals surface area contributed by atoms with Crippen LogP contribution in [0.5, 0.6) is 0 Å². The summed E-state index contributed by atoms with van der Waals surface area (Å²) in [5, 5.41) is 12.2. The minimum Gasteiger partial charge on any atom is -0.481 e.